The van der Waals surface area contributed by atoms with Gasteiger partial charge < -0.3 is 9.47 Å². The maximum atomic E-state index is 13.0. The third-order valence-electron chi connectivity index (χ3n) is 4.06. The molecule has 1 aliphatic heterocycles. The smallest absolute Gasteiger partial charge is 0.266 e. The van der Waals surface area contributed by atoms with Gasteiger partial charge in [0, 0.05) is 6.54 Å². The second kappa shape index (κ2) is 9.21. The third kappa shape index (κ3) is 4.72. The van der Waals surface area contributed by atoms with Crippen molar-refractivity contribution in [3.05, 3.63) is 64.3 Å². The van der Waals surface area contributed by atoms with Gasteiger partial charge in [0.25, 0.3) is 5.91 Å². The highest BCUT2D eigenvalue weighted by Gasteiger charge is 2.30. The van der Waals surface area contributed by atoms with Crippen LogP contribution in [0.4, 0.5) is 4.39 Å². The van der Waals surface area contributed by atoms with Crippen LogP contribution in [0, 0.1) is 5.82 Å². The van der Waals surface area contributed by atoms with Crippen LogP contribution in [0.5, 0.6) is 11.5 Å². The lowest BCUT2D eigenvalue weighted by Gasteiger charge is -2.13. The number of hydrogen-bond acceptors (Lipinski definition) is 5. The maximum absolute atomic E-state index is 13.0. The summed E-state index contributed by atoms with van der Waals surface area (Å²) in [6, 6.07) is 11.7. The molecule has 0 aromatic heterocycles. The summed E-state index contributed by atoms with van der Waals surface area (Å²) in [7, 11) is 0. The number of thiocarbonyl (C=S) groups is 1. The lowest BCUT2D eigenvalue weighted by molar-refractivity contribution is -0.121. The Morgan fingerprint density at radius 2 is 1.86 bits per heavy atom. The number of rotatable bonds is 7. The van der Waals surface area contributed by atoms with E-state index in [-0.39, 0.29) is 11.7 Å². The van der Waals surface area contributed by atoms with Gasteiger partial charge in [-0.3, -0.25) is 9.69 Å². The fourth-order valence-corrected chi connectivity index (χ4v) is 4.05. The van der Waals surface area contributed by atoms with Gasteiger partial charge in [0.2, 0.25) is 0 Å². The molecule has 0 aliphatic carbocycles. The molecule has 0 N–H and O–H groups in total. The van der Waals surface area contributed by atoms with Crippen LogP contribution in [0.1, 0.15) is 25.0 Å². The molecule has 1 saturated heterocycles. The van der Waals surface area contributed by atoms with Gasteiger partial charge in [-0.05, 0) is 55.3 Å². The predicted molar refractivity (Wildman–Crippen MR) is 114 cm³/mol. The molecular weight excluding hydrogens is 397 g/mol. The first-order chi connectivity index (χ1) is 13.5. The first-order valence-corrected chi connectivity index (χ1v) is 10.1. The molecule has 0 bridgehead atoms. The van der Waals surface area contributed by atoms with Crippen LogP contribution in [0.2, 0.25) is 0 Å². The zero-order valence-corrected chi connectivity index (χ0v) is 17.2. The normalized spacial score (nSPS) is 15.4. The van der Waals surface area contributed by atoms with Gasteiger partial charge >= 0.3 is 0 Å². The zero-order chi connectivity index (χ0) is 20.1. The van der Waals surface area contributed by atoms with Crippen molar-refractivity contribution in [1.82, 2.24) is 4.90 Å². The van der Waals surface area contributed by atoms with Gasteiger partial charge in [0.1, 0.15) is 16.7 Å². The summed E-state index contributed by atoms with van der Waals surface area (Å²) in [6.45, 7) is 5.13. The first-order valence-electron chi connectivity index (χ1n) is 8.91. The molecule has 2 aromatic carbocycles. The molecule has 7 heteroatoms. The quantitative estimate of drug-likeness (QED) is 0.467. The third-order valence-corrected chi connectivity index (χ3v) is 5.44. The van der Waals surface area contributed by atoms with E-state index in [0.717, 1.165) is 11.1 Å². The fourth-order valence-electron chi connectivity index (χ4n) is 2.67. The number of halogens is 1. The van der Waals surface area contributed by atoms with Crippen LogP contribution in [0.25, 0.3) is 6.08 Å². The summed E-state index contributed by atoms with van der Waals surface area (Å²) in [5.74, 6) is 0.817. The number of carbonyl (C=O) groups excluding carboxylic acids is 1. The lowest BCUT2D eigenvalue weighted by Crippen LogP contribution is -2.27. The van der Waals surface area contributed by atoms with Crippen LogP contribution < -0.4 is 9.47 Å². The van der Waals surface area contributed by atoms with E-state index in [4.69, 9.17) is 21.7 Å². The van der Waals surface area contributed by atoms with Crippen molar-refractivity contribution < 1.29 is 18.7 Å². The Hall–Kier alpha value is -2.38. The number of ether oxygens (including phenoxy) is 2. The molecule has 2 aromatic rings. The summed E-state index contributed by atoms with van der Waals surface area (Å²) in [6.07, 6.45) is 1.81. The van der Waals surface area contributed by atoms with Crippen LogP contribution in [0.15, 0.2) is 47.4 Å². The summed E-state index contributed by atoms with van der Waals surface area (Å²) < 4.78 is 25.1. The number of nitrogens with zero attached hydrogens (tertiary/aromatic N) is 1. The Bertz CT molecular complexity index is 912. The monoisotopic (exact) mass is 417 g/mol. The largest absolute Gasteiger partial charge is 0.490 e. The Morgan fingerprint density at radius 3 is 2.50 bits per heavy atom. The van der Waals surface area contributed by atoms with Gasteiger partial charge in [-0.2, -0.15) is 0 Å². The Labute approximate surface area is 173 Å². The summed E-state index contributed by atoms with van der Waals surface area (Å²) >= 11 is 6.55. The minimum absolute atomic E-state index is 0.0768. The molecular formula is C21H20FNO3S2. The second-order valence-corrected chi connectivity index (χ2v) is 7.66. The van der Waals surface area contributed by atoms with Crippen molar-refractivity contribution in [3.63, 3.8) is 0 Å². The molecule has 1 amide bonds. The molecule has 0 saturated carbocycles. The Balaban J connectivity index is 1.79. The van der Waals surface area contributed by atoms with Gasteiger partial charge in [-0.1, -0.05) is 42.2 Å². The van der Waals surface area contributed by atoms with E-state index in [9.17, 15) is 9.18 Å². The summed E-state index contributed by atoms with van der Waals surface area (Å²) in [5.41, 5.74) is 1.69. The summed E-state index contributed by atoms with van der Waals surface area (Å²) in [5, 5.41) is 0. The van der Waals surface area contributed by atoms with E-state index < -0.39 is 0 Å². The van der Waals surface area contributed by atoms with Gasteiger partial charge in [0.15, 0.2) is 11.5 Å². The van der Waals surface area contributed by atoms with Crippen molar-refractivity contribution in [2.24, 2.45) is 0 Å². The number of carbonyl (C=O) groups is 1. The molecule has 1 fully saturated rings. The van der Waals surface area contributed by atoms with Gasteiger partial charge in [-0.15, -0.1) is 0 Å². The van der Waals surface area contributed by atoms with E-state index in [1.165, 1.54) is 23.9 Å². The van der Waals surface area contributed by atoms with E-state index in [1.54, 1.807) is 29.2 Å². The van der Waals surface area contributed by atoms with Crippen molar-refractivity contribution in [2.75, 3.05) is 13.2 Å². The number of amides is 1. The molecule has 1 heterocycles. The van der Waals surface area contributed by atoms with Crippen molar-refractivity contribution in [2.45, 2.75) is 20.5 Å². The molecule has 3 rings (SSSR count). The molecule has 1 aliphatic rings. The fraction of sp³-hybridized carbons (Fsp3) is 0.238. The van der Waals surface area contributed by atoms with Crippen LogP contribution >= 0.6 is 24.0 Å². The van der Waals surface area contributed by atoms with E-state index in [0.29, 0.717) is 40.5 Å². The highest BCUT2D eigenvalue weighted by atomic mass is 32.2. The van der Waals surface area contributed by atoms with Crippen molar-refractivity contribution in [1.29, 1.82) is 0 Å². The van der Waals surface area contributed by atoms with Gasteiger partial charge in [0.05, 0.1) is 11.5 Å². The molecule has 146 valence electrons. The molecule has 0 spiro atoms. The first kappa shape index (κ1) is 20.4. The topological polar surface area (TPSA) is 38.8 Å². The Morgan fingerprint density at radius 1 is 1.11 bits per heavy atom. The minimum Gasteiger partial charge on any atom is -0.490 e. The minimum atomic E-state index is -0.281. The number of thioether (sulfide) groups is 1. The van der Waals surface area contributed by atoms with Gasteiger partial charge in [-0.25, -0.2) is 4.39 Å². The average Bonchev–Trinajstić information content (AvgIpc) is 2.95. The molecule has 28 heavy (non-hydrogen) atoms. The highest BCUT2D eigenvalue weighted by Crippen LogP contribution is 2.35. The zero-order valence-electron chi connectivity index (χ0n) is 15.6. The van der Waals surface area contributed by atoms with E-state index >= 15 is 0 Å². The molecule has 4 nitrogen and oxygen atoms in total. The van der Waals surface area contributed by atoms with Crippen molar-refractivity contribution >= 4 is 40.3 Å². The molecule has 0 atom stereocenters. The Kier molecular flexibility index (Phi) is 6.70. The predicted octanol–water partition coefficient (Wildman–Crippen LogP) is 5.02. The second-order valence-electron chi connectivity index (χ2n) is 5.98. The highest BCUT2D eigenvalue weighted by molar-refractivity contribution is 8.26. The number of hydrogen-bond donors (Lipinski definition) is 0. The van der Waals surface area contributed by atoms with E-state index in [1.807, 2.05) is 26.0 Å². The maximum Gasteiger partial charge on any atom is 0.266 e. The van der Waals surface area contributed by atoms with Crippen LogP contribution in [-0.2, 0) is 11.4 Å². The van der Waals surface area contributed by atoms with Crippen molar-refractivity contribution in [3.8, 4) is 11.5 Å². The molecule has 0 radical (unpaired) electrons. The SMILES string of the molecule is CCOc1cc(/C=C2/SC(=S)N(CC)C2=O)ccc1OCc1ccc(F)cc1. The van der Waals surface area contributed by atoms with Crippen LogP contribution in [-0.4, -0.2) is 28.3 Å². The average molecular weight is 418 g/mol. The van der Waals surface area contributed by atoms with E-state index in [2.05, 4.69) is 0 Å². The van der Waals surface area contributed by atoms with Crippen LogP contribution in [0.3, 0.4) is 0 Å². The number of likely N-dealkylation sites (N-methyl/N-ethyl adjacent to an activating group) is 1. The lowest BCUT2D eigenvalue weighted by atomic mass is 10.1. The summed E-state index contributed by atoms with van der Waals surface area (Å²) in [4.78, 5) is 14.5. The standard InChI is InChI=1S/C21H20FNO3S2/c1-3-23-20(24)19(28-21(23)27)12-15-7-10-17(18(11-15)25-4-2)26-13-14-5-8-16(22)9-6-14/h5-12H,3-4,13H2,1-2H3/b19-12+. The number of benzene rings is 2. The molecule has 0 unspecified atom stereocenters.